The Labute approximate surface area is 191 Å². The number of hydrogen-bond acceptors (Lipinski definition) is 4. The van der Waals surface area contributed by atoms with Gasteiger partial charge in [-0.25, -0.2) is 0 Å². The smallest absolute Gasteiger partial charge is 0.259 e. The van der Waals surface area contributed by atoms with E-state index in [0.29, 0.717) is 28.7 Å². The highest BCUT2D eigenvalue weighted by atomic mass is 16.2. The molecule has 3 fully saturated rings. The van der Waals surface area contributed by atoms with Crippen molar-refractivity contribution in [2.75, 3.05) is 11.6 Å². The standard InChI is InChI=1S/C27H24N2O4/c1-15(30)17-8-5-9-18(12-17)28(25(31)16-6-3-2-4-7-16)14-29-26(32)23-19-10-11-20(22-13-21(19)22)24(23)27(29)33/h2-12,19-24H,13-14H2,1H3/t19-,20-,21-,22+,23+,24+/m0/s1. The Morgan fingerprint density at radius 2 is 1.48 bits per heavy atom. The fraction of sp³-hybridized carbons (Fsp3) is 0.333. The average molecular weight is 440 g/mol. The van der Waals surface area contributed by atoms with Gasteiger partial charge in [0.25, 0.3) is 5.91 Å². The Bertz CT molecular complexity index is 1180. The third-order valence-corrected chi connectivity index (χ3v) is 7.87. The van der Waals surface area contributed by atoms with Gasteiger partial charge in [-0.2, -0.15) is 0 Å². The summed E-state index contributed by atoms with van der Waals surface area (Å²) in [5, 5.41) is 0. The van der Waals surface area contributed by atoms with E-state index in [9.17, 15) is 19.2 Å². The van der Waals surface area contributed by atoms with Crippen LogP contribution in [0.5, 0.6) is 0 Å². The van der Waals surface area contributed by atoms with Crippen molar-refractivity contribution in [1.29, 1.82) is 0 Å². The monoisotopic (exact) mass is 440 g/mol. The topological polar surface area (TPSA) is 74.8 Å². The van der Waals surface area contributed by atoms with Crippen LogP contribution in [0.25, 0.3) is 0 Å². The van der Waals surface area contributed by atoms with Crippen LogP contribution in [0.15, 0.2) is 66.7 Å². The second kappa shape index (κ2) is 7.24. The molecule has 0 unspecified atom stereocenters. The van der Waals surface area contributed by atoms with Crippen molar-refractivity contribution in [1.82, 2.24) is 4.90 Å². The van der Waals surface area contributed by atoms with Gasteiger partial charge in [0.1, 0.15) is 6.67 Å². The zero-order valence-electron chi connectivity index (χ0n) is 18.3. The summed E-state index contributed by atoms with van der Waals surface area (Å²) < 4.78 is 0. The van der Waals surface area contributed by atoms with Crippen molar-refractivity contribution < 1.29 is 19.2 Å². The molecule has 3 amide bonds. The number of Topliss-reactive ketones (excluding diaryl/α,β-unsaturated/α-hetero) is 1. The number of likely N-dealkylation sites (tertiary alicyclic amines) is 1. The van der Waals surface area contributed by atoms with E-state index >= 15 is 0 Å². The molecule has 2 bridgehead atoms. The van der Waals surface area contributed by atoms with Crippen molar-refractivity contribution in [2.24, 2.45) is 35.5 Å². The normalized spacial score (nSPS) is 30.8. The first-order valence-electron chi connectivity index (χ1n) is 11.5. The maximum Gasteiger partial charge on any atom is 0.259 e. The van der Waals surface area contributed by atoms with Crippen LogP contribution in [-0.4, -0.2) is 35.1 Å². The Kier molecular flexibility index (Phi) is 4.41. The summed E-state index contributed by atoms with van der Waals surface area (Å²) in [7, 11) is 0. The SMILES string of the molecule is CC(=O)c1cccc(N(CN2C(=O)[C@@H]3[C@H]4C=C[C@@H]([C@@H]5C[C@H]45)[C@H]3C2=O)C(=O)c2ccccc2)c1. The predicted molar refractivity (Wildman–Crippen MR) is 121 cm³/mol. The molecule has 0 aromatic heterocycles. The molecule has 1 saturated heterocycles. The van der Waals surface area contributed by atoms with E-state index in [-0.39, 0.29) is 53.8 Å². The summed E-state index contributed by atoms with van der Waals surface area (Å²) in [6.45, 7) is 1.31. The summed E-state index contributed by atoms with van der Waals surface area (Å²) in [5.41, 5.74) is 1.40. The molecule has 2 aromatic carbocycles. The molecule has 1 heterocycles. The van der Waals surface area contributed by atoms with Crippen molar-refractivity contribution in [3.8, 4) is 0 Å². The molecular formula is C27H24N2O4. The van der Waals surface area contributed by atoms with E-state index in [1.54, 1.807) is 48.5 Å². The van der Waals surface area contributed by atoms with E-state index in [4.69, 9.17) is 0 Å². The number of hydrogen-bond donors (Lipinski definition) is 0. The summed E-state index contributed by atoms with van der Waals surface area (Å²) in [6, 6.07) is 15.5. The van der Waals surface area contributed by atoms with Crippen molar-refractivity contribution in [3.05, 3.63) is 77.9 Å². The number of allylic oxidation sites excluding steroid dienone is 2. The molecule has 7 rings (SSSR count). The van der Waals surface area contributed by atoms with Crippen LogP contribution >= 0.6 is 0 Å². The Morgan fingerprint density at radius 3 is 2.09 bits per heavy atom. The van der Waals surface area contributed by atoms with Crippen LogP contribution in [0, 0.1) is 35.5 Å². The number of nitrogens with zero attached hydrogens (tertiary/aromatic N) is 2. The summed E-state index contributed by atoms with van der Waals surface area (Å²) in [4.78, 5) is 55.2. The molecule has 166 valence electrons. The van der Waals surface area contributed by atoms with Crippen molar-refractivity contribution in [3.63, 3.8) is 0 Å². The quantitative estimate of drug-likeness (QED) is 0.405. The number of rotatable bonds is 5. The number of benzene rings is 2. The highest BCUT2D eigenvalue weighted by Gasteiger charge is 2.67. The van der Waals surface area contributed by atoms with Gasteiger partial charge in [-0.1, -0.05) is 42.5 Å². The van der Waals surface area contributed by atoms with Gasteiger partial charge < -0.3 is 0 Å². The minimum atomic E-state index is -0.323. The predicted octanol–water partition coefficient (Wildman–Crippen LogP) is 3.55. The number of carbonyl (C=O) groups is 4. The minimum Gasteiger partial charge on any atom is -0.295 e. The Hall–Kier alpha value is -3.54. The molecule has 6 heteroatoms. The molecule has 1 aliphatic heterocycles. The first-order valence-corrected chi connectivity index (χ1v) is 11.5. The van der Waals surface area contributed by atoms with Gasteiger partial charge in [0.15, 0.2) is 5.78 Å². The molecule has 6 atom stereocenters. The Morgan fingerprint density at radius 1 is 0.879 bits per heavy atom. The van der Waals surface area contributed by atoms with E-state index in [1.807, 2.05) is 6.07 Å². The van der Waals surface area contributed by atoms with Gasteiger partial charge >= 0.3 is 0 Å². The molecule has 5 aliphatic rings. The van der Waals surface area contributed by atoms with Crippen LogP contribution in [-0.2, 0) is 9.59 Å². The third kappa shape index (κ3) is 3.00. The lowest BCUT2D eigenvalue weighted by atomic mass is 9.63. The molecule has 6 nitrogen and oxygen atoms in total. The number of imide groups is 1. The maximum absolute atomic E-state index is 13.5. The maximum atomic E-state index is 13.5. The van der Waals surface area contributed by atoms with E-state index in [1.165, 1.54) is 16.7 Å². The zero-order chi connectivity index (χ0) is 22.9. The first-order chi connectivity index (χ1) is 16.0. The largest absolute Gasteiger partial charge is 0.295 e. The lowest BCUT2D eigenvalue weighted by molar-refractivity contribution is -0.140. The molecular weight excluding hydrogens is 416 g/mol. The second-order valence-corrected chi connectivity index (χ2v) is 9.61. The van der Waals surface area contributed by atoms with Crippen LogP contribution in [0.1, 0.15) is 34.1 Å². The molecule has 4 aliphatic carbocycles. The number of anilines is 1. The average Bonchev–Trinajstić information content (AvgIpc) is 3.62. The molecule has 2 aromatic rings. The van der Waals surface area contributed by atoms with E-state index in [2.05, 4.69) is 12.2 Å². The van der Waals surface area contributed by atoms with Gasteiger partial charge in [0.05, 0.1) is 11.8 Å². The van der Waals surface area contributed by atoms with Gasteiger partial charge in [-0.15, -0.1) is 0 Å². The van der Waals surface area contributed by atoms with Crippen LogP contribution in [0.4, 0.5) is 5.69 Å². The molecule has 33 heavy (non-hydrogen) atoms. The number of amides is 3. The first kappa shape index (κ1) is 20.1. The minimum absolute atomic E-state index is 0.120. The van der Waals surface area contributed by atoms with Crippen molar-refractivity contribution in [2.45, 2.75) is 13.3 Å². The van der Waals surface area contributed by atoms with Crippen LogP contribution < -0.4 is 4.90 Å². The summed E-state index contributed by atoms with van der Waals surface area (Å²) in [5.74, 6) is -0.120. The van der Waals surface area contributed by atoms with Crippen LogP contribution in [0.3, 0.4) is 0 Å². The Balaban J connectivity index is 1.36. The summed E-state index contributed by atoms with van der Waals surface area (Å²) in [6.07, 6.45) is 5.38. The third-order valence-electron chi connectivity index (χ3n) is 7.87. The van der Waals surface area contributed by atoms with Gasteiger partial charge in [0, 0.05) is 16.8 Å². The number of ketones is 1. The molecule has 0 radical (unpaired) electrons. The van der Waals surface area contributed by atoms with Gasteiger partial charge in [0.2, 0.25) is 11.8 Å². The van der Waals surface area contributed by atoms with Gasteiger partial charge in [-0.3, -0.25) is 29.0 Å². The molecule has 0 N–H and O–H groups in total. The fourth-order valence-corrected chi connectivity index (χ4v) is 6.19. The fourth-order valence-electron chi connectivity index (χ4n) is 6.19. The summed E-state index contributed by atoms with van der Waals surface area (Å²) >= 11 is 0. The molecule has 2 saturated carbocycles. The zero-order valence-corrected chi connectivity index (χ0v) is 18.3. The number of carbonyl (C=O) groups excluding carboxylic acids is 4. The second-order valence-electron chi connectivity index (χ2n) is 9.61. The van der Waals surface area contributed by atoms with E-state index in [0.717, 1.165) is 6.42 Å². The lowest BCUT2D eigenvalue weighted by Crippen LogP contribution is -2.45. The van der Waals surface area contributed by atoms with Crippen molar-refractivity contribution >= 4 is 29.2 Å². The van der Waals surface area contributed by atoms with Crippen LogP contribution in [0.2, 0.25) is 0 Å². The van der Waals surface area contributed by atoms with Gasteiger partial charge in [-0.05, 0) is 61.3 Å². The highest BCUT2D eigenvalue weighted by molar-refractivity contribution is 6.10. The van der Waals surface area contributed by atoms with E-state index < -0.39 is 0 Å². The molecule has 0 spiro atoms. The lowest BCUT2D eigenvalue weighted by Gasteiger charge is -2.37. The highest BCUT2D eigenvalue weighted by Crippen LogP contribution is 2.65.